The normalized spacial score (nSPS) is 19.3. The number of alkyl halides is 1. The van der Waals surface area contributed by atoms with Gasteiger partial charge in [-0.2, -0.15) is 13.0 Å². The number of rotatable bonds is 29. The summed E-state index contributed by atoms with van der Waals surface area (Å²) < 4.78 is 97.9. The molecule has 0 aliphatic carbocycles. The van der Waals surface area contributed by atoms with Gasteiger partial charge in [-0.15, -0.1) is 11.6 Å². The minimum absolute atomic E-state index is 0.0624. The van der Waals surface area contributed by atoms with E-state index < -0.39 is 31.1 Å². The van der Waals surface area contributed by atoms with Crippen LogP contribution in [0, 0.1) is 0 Å². The molecule has 14 nitrogen and oxygen atoms in total. The van der Waals surface area contributed by atoms with Crippen molar-refractivity contribution in [3.63, 3.8) is 0 Å². The Kier molecular flexibility index (Phi) is 19.3. The minimum Gasteiger partial charge on any atom is -0.744 e. The molecule has 0 fully saturated rings. The van der Waals surface area contributed by atoms with E-state index in [4.69, 9.17) is 30.5 Å². The molecule has 370 valence electrons. The molecule has 0 saturated heterocycles. The van der Waals surface area contributed by atoms with Crippen molar-refractivity contribution in [3.05, 3.63) is 82.6 Å². The summed E-state index contributed by atoms with van der Waals surface area (Å²) in [7, 11) is -9.23. The monoisotopic (exact) mass is 987 g/mol. The van der Waals surface area contributed by atoms with Crippen LogP contribution in [0.1, 0.15) is 114 Å². The molecule has 0 bridgehead atoms. The second kappa shape index (κ2) is 24.4. The third kappa shape index (κ3) is 13.3. The number of hydrogen-bond acceptors (Lipinski definition) is 11. The third-order valence-electron chi connectivity index (χ3n) is 13.3. The van der Waals surface area contributed by atoms with Crippen LogP contribution in [0.4, 0.5) is 11.4 Å². The molecule has 2 aromatic rings. The van der Waals surface area contributed by atoms with E-state index in [0.717, 1.165) is 105 Å². The smallest absolute Gasteiger partial charge is 0.295 e. The molecule has 4 aliphatic heterocycles. The van der Waals surface area contributed by atoms with Crippen molar-refractivity contribution >= 4 is 54.8 Å². The van der Waals surface area contributed by atoms with Gasteiger partial charge in [0.2, 0.25) is 11.6 Å². The van der Waals surface area contributed by atoms with Gasteiger partial charge in [0.1, 0.15) is 21.6 Å². The number of allylic oxidation sites excluding steroid dienone is 6. The van der Waals surface area contributed by atoms with Crippen molar-refractivity contribution in [1.29, 1.82) is 0 Å². The molecule has 0 radical (unpaired) electrons. The summed E-state index contributed by atoms with van der Waals surface area (Å²) in [5, 5.41) is 2.91. The molecule has 0 spiro atoms. The predicted molar refractivity (Wildman–Crippen MR) is 260 cm³/mol. The third-order valence-corrected chi connectivity index (χ3v) is 15.4. The van der Waals surface area contributed by atoms with Crippen LogP contribution in [0.15, 0.2) is 70.1 Å². The van der Waals surface area contributed by atoms with Gasteiger partial charge >= 0.3 is 0 Å². The number of nitrogens with zero attached hydrogens (tertiary/aromatic N) is 2. The number of ether oxygens (including phenoxy) is 4. The lowest BCUT2D eigenvalue weighted by Gasteiger charge is -2.32. The van der Waals surface area contributed by atoms with Crippen LogP contribution in [-0.4, -0.2) is 121 Å². The molecule has 1 amide bonds. The maximum atomic E-state index is 12.8. The minimum atomic E-state index is -4.79. The number of anilines is 1. The van der Waals surface area contributed by atoms with Crippen LogP contribution in [0.3, 0.4) is 0 Å². The lowest BCUT2D eigenvalue weighted by atomic mass is 9.76. The van der Waals surface area contributed by atoms with Crippen LogP contribution < -0.4 is 10.2 Å². The molecule has 1 unspecified atom stereocenters. The number of carbonyl (C=O) groups is 1. The van der Waals surface area contributed by atoms with Crippen LogP contribution in [-0.2, 0) is 67.6 Å². The van der Waals surface area contributed by atoms with Gasteiger partial charge in [-0.3, -0.25) is 9.35 Å². The Morgan fingerprint density at radius 2 is 1.43 bits per heavy atom. The lowest BCUT2D eigenvalue weighted by Crippen LogP contribution is -2.31. The van der Waals surface area contributed by atoms with Crippen molar-refractivity contribution < 1.29 is 54.3 Å². The van der Waals surface area contributed by atoms with Crippen molar-refractivity contribution in [2.45, 2.75) is 125 Å². The summed E-state index contributed by atoms with van der Waals surface area (Å²) in [5.41, 5.74) is 5.30. The number of benzene rings is 2. The Morgan fingerprint density at radius 3 is 2.13 bits per heavy atom. The van der Waals surface area contributed by atoms with Gasteiger partial charge < -0.3 is 33.7 Å². The molecule has 0 saturated carbocycles. The van der Waals surface area contributed by atoms with Crippen molar-refractivity contribution in [3.8, 4) is 0 Å². The van der Waals surface area contributed by atoms with E-state index in [1.54, 1.807) is 12.1 Å². The van der Waals surface area contributed by atoms with Gasteiger partial charge in [0.15, 0.2) is 5.71 Å². The maximum absolute atomic E-state index is 12.8. The fourth-order valence-electron chi connectivity index (χ4n) is 10.2. The summed E-state index contributed by atoms with van der Waals surface area (Å²) in [4.78, 5) is 14.6. The largest absolute Gasteiger partial charge is 0.744 e. The Hall–Kier alpha value is -3.45. The summed E-state index contributed by atoms with van der Waals surface area (Å²) in [6.07, 6.45) is 20.5. The Bertz CT molecular complexity index is 2400. The summed E-state index contributed by atoms with van der Waals surface area (Å²) in [6.45, 7) is 11.8. The quantitative estimate of drug-likeness (QED) is 0.0266. The SMILES string of the molecule is CC1(C)C(C=CC=CC=C2N3CCCc4ccc(S(=O)(=O)[O-])c(c43)C2(C)CCCCCC(=O)NCCOCCOCCOCCOCCCCCCCl)=[N+]2CCCc3ccc(S(=O)(=O)O)c1c32. The zero-order valence-corrected chi connectivity index (χ0v) is 41.9. The number of carbonyl (C=O) groups excluding carboxylic acids is 1. The summed E-state index contributed by atoms with van der Waals surface area (Å²) in [5.74, 6) is 0.652. The zero-order chi connectivity index (χ0) is 48.1. The van der Waals surface area contributed by atoms with Gasteiger partial charge in [0.05, 0.1) is 62.1 Å². The standard InChI is InChI=1S/C50H70ClN3O11S2/c1-49(2)42(53-28-14-16-38-21-23-40(66(56,57)58)45(49)47(38)53)18-8-6-9-19-43-50(3,46-41(67(59,60)61)24-22-39-17-15-29-54(43)48(39)46)25-11-7-10-20-44(55)52-27-31-63-33-35-65-37-36-64-34-32-62-30-13-5-4-12-26-51/h6,8-9,18-19,21-24H,4-5,7,10-17,20,25-37H2,1-3H3,(H2-,52,55,56,57,58,59,60,61). The highest BCUT2D eigenvalue weighted by atomic mass is 35.5. The highest BCUT2D eigenvalue weighted by Gasteiger charge is 2.50. The molecule has 17 heteroatoms. The van der Waals surface area contributed by atoms with Crippen LogP contribution in [0.25, 0.3) is 0 Å². The van der Waals surface area contributed by atoms with Crippen LogP contribution in [0.5, 0.6) is 0 Å². The molecular formula is C50H70ClN3O11S2. The fraction of sp³-hybridized carbons (Fsp3) is 0.600. The Balaban J connectivity index is 0.991. The summed E-state index contributed by atoms with van der Waals surface area (Å²) in [6, 6.07) is 6.56. The fourth-order valence-corrected chi connectivity index (χ4v) is 12.0. The second-order valence-electron chi connectivity index (χ2n) is 18.4. The molecule has 0 aromatic heterocycles. The van der Waals surface area contributed by atoms with Gasteiger partial charge in [-0.1, -0.05) is 56.0 Å². The second-order valence-corrected chi connectivity index (χ2v) is 21.6. The van der Waals surface area contributed by atoms with E-state index in [9.17, 15) is 30.7 Å². The molecular weight excluding hydrogens is 918 g/mol. The molecule has 1 atom stereocenters. The zero-order valence-electron chi connectivity index (χ0n) is 39.5. The van der Waals surface area contributed by atoms with Gasteiger partial charge in [-0.05, 0) is 89.5 Å². The molecule has 2 N–H and O–H groups in total. The summed E-state index contributed by atoms with van der Waals surface area (Å²) >= 11 is 5.69. The van der Waals surface area contributed by atoms with Crippen molar-refractivity contribution in [2.24, 2.45) is 0 Å². The maximum Gasteiger partial charge on any atom is 0.295 e. The van der Waals surface area contributed by atoms with Crippen molar-refractivity contribution in [2.75, 3.05) is 83.3 Å². The number of amides is 1. The average Bonchev–Trinajstić information content (AvgIpc) is 3.66. The number of halogens is 1. The lowest BCUT2D eigenvalue weighted by molar-refractivity contribution is -0.443. The van der Waals surface area contributed by atoms with E-state index in [0.29, 0.717) is 102 Å². The first-order chi connectivity index (χ1) is 32.1. The van der Waals surface area contributed by atoms with Crippen molar-refractivity contribution in [1.82, 2.24) is 5.32 Å². The Morgan fingerprint density at radius 1 is 0.791 bits per heavy atom. The molecule has 4 heterocycles. The van der Waals surface area contributed by atoms with E-state index >= 15 is 0 Å². The topological polar surface area (TPSA) is 184 Å². The first-order valence-corrected chi connectivity index (χ1v) is 27.4. The molecule has 6 rings (SSSR count). The number of aryl methyl sites for hydroxylation is 2. The first-order valence-electron chi connectivity index (χ1n) is 24.0. The van der Waals surface area contributed by atoms with Gasteiger partial charge in [-0.25, -0.2) is 8.42 Å². The highest BCUT2D eigenvalue weighted by Crippen LogP contribution is 2.56. The van der Waals surface area contributed by atoms with E-state index in [2.05, 4.69) is 14.8 Å². The van der Waals surface area contributed by atoms with E-state index in [1.165, 1.54) is 12.1 Å². The molecule has 67 heavy (non-hydrogen) atoms. The average molecular weight is 989 g/mol. The first kappa shape index (κ1) is 52.9. The van der Waals surface area contributed by atoms with Gasteiger partial charge in [0, 0.05) is 72.4 Å². The van der Waals surface area contributed by atoms with Crippen LogP contribution in [0.2, 0.25) is 0 Å². The Labute approximate surface area is 403 Å². The van der Waals surface area contributed by atoms with Gasteiger partial charge in [0.25, 0.3) is 10.1 Å². The van der Waals surface area contributed by atoms with E-state index in [1.807, 2.05) is 51.2 Å². The number of unbranched alkanes of at least 4 members (excludes halogenated alkanes) is 5. The highest BCUT2D eigenvalue weighted by molar-refractivity contribution is 7.86. The van der Waals surface area contributed by atoms with E-state index in [-0.39, 0.29) is 15.7 Å². The number of nitrogens with one attached hydrogen (secondary N) is 1. The molecule has 2 aromatic carbocycles. The van der Waals surface area contributed by atoms with Crippen LogP contribution >= 0.6 is 11.6 Å². The molecule has 4 aliphatic rings. The number of hydrogen-bond donors (Lipinski definition) is 2. The predicted octanol–water partition coefficient (Wildman–Crippen LogP) is 7.81.